The molecule has 3 N–H and O–H groups in total. The molecule has 9 nitrogen and oxygen atoms in total. The van der Waals surface area contributed by atoms with E-state index in [1.165, 1.54) is 0 Å². The molecule has 26 heavy (non-hydrogen) atoms. The molecule has 0 bridgehead atoms. The number of carbonyl (C=O) groups excluding carboxylic acids is 3. The Morgan fingerprint density at radius 1 is 1.35 bits per heavy atom. The van der Waals surface area contributed by atoms with Gasteiger partial charge in [0.05, 0.1) is 6.04 Å². The monoisotopic (exact) mass is 387 g/mol. The molecule has 13 heteroatoms. The molecular weight excluding hydrogens is 374 g/mol. The van der Waals surface area contributed by atoms with Crippen LogP contribution in [-0.4, -0.2) is 70.2 Å². The number of amides is 3. The summed E-state index contributed by atoms with van der Waals surface area (Å²) >= 11 is 0. The Balaban J connectivity index is 0.00000182. The van der Waals surface area contributed by atoms with E-state index in [9.17, 15) is 37.5 Å². The molecule has 2 fully saturated rings. The summed E-state index contributed by atoms with van der Waals surface area (Å²) in [4.78, 5) is 47.2. The van der Waals surface area contributed by atoms with Gasteiger partial charge in [-0.25, -0.2) is 9.59 Å². The number of carboxylic acids is 1. The van der Waals surface area contributed by atoms with Crippen molar-refractivity contribution in [3.8, 4) is 0 Å². The zero-order valence-corrected chi connectivity index (χ0v) is 15.4. The third-order valence-electron chi connectivity index (χ3n) is 4.54. The van der Waals surface area contributed by atoms with Gasteiger partial charge in [-0.05, 0) is 12.0 Å². The Morgan fingerprint density at radius 3 is 2.46 bits per heavy atom. The summed E-state index contributed by atoms with van der Waals surface area (Å²) in [6.07, 6.45) is -6.32. The minimum atomic E-state index is -5.13. The van der Waals surface area contributed by atoms with Crippen LogP contribution >= 0.6 is 0 Å². The van der Waals surface area contributed by atoms with Gasteiger partial charge in [-0.1, -0.05) is 0 Å². The van der Waals surface area contributed by atoms with Crippen LogP contribution in [0.2, 0.25) is 0 Å². The number of primary amides is 1. The number of halogens is 3. The van der Waals surface area contributed by atoms with Crippen LogP contribution in [0, 0.1) is 5.92 Å². The Morgan fingerprint density at radius 2 is 1.96 bits per heavy atom. The predicted molar refractivity (Wildman–Crippen MR) is 71.6 cm³/mol. The van der Waals surface area contributed by atoms with E-state index in [4.69, 9.17) is 5.73 Å². The van der Waals surface area contributed by atoms with Crippen LogP contribution in [0.1, 0.15) is 7.85 Å². The van der Waals surface area contributed by atoms with Crippen molar-refractivity contribution in [2.45, 2.75) is 24.7 Å². The SMILES string of the molecule is NC(=O)OCC1=C(C(=O)O)N2C(=O)[C@@H]3[C@H]2[C@H](C1)CN3C(=O)C(F)(F)F.[H-].[Na+]. The zero-order chi connectivity index (χ0) is 18.7. The van der Waals surface area contributed by atoms with E-state index < -0.39 is 60.4 Å². The number of ether oxygens (including phenoxy) is 1. The molecular formula is C13H13F3N3NaO6. The van der Waals surface area contributed by atoms with Crippen molar-refractivity contribution < 1.29 is 73.2 Å². The van der Waals surface area contributed by atoms with Gasteiger partial charge in [0.15, 0.2) is 0 Å². The third-order valence-corrected chi connectivity index (χ3v) is 4.54. The first-order valence-electron chi connectivity index (χ1n) is 7.12. The number of hydrogen-bond acceptors (Lipinski definition) is 5. The third kappa shape index (κ3) is 3.05. The molecule has 3 heterocycles. The summed E-state index contributed by atoms with van der Waals surface area (Å²) < 4.78 is 42.6. The molecule has 0 unspecified atom stereocenters. The summed E-state index contributed by atoms with van der Waals surface area (Å²) in [5.74, 6) is -5.09. The number of hydrogen-bond donors (Lipinski definition) is 2. The number of nitrogens with zero attached hydrogens (tertiary/aromatic N) is 2. The van der Waals surface area contributed by atoms with Crippen LogP contribution < -0.4 is 35.3 Å². The molecule has 3 aliphatic rings. The van der Waals surface area contributed by atoms with Gasteiger partial charge in [-0.3, -0.25) is 14.5 Å². The molecule has 0 spiro atoms. The van der Waals surface area contributed by atoms with Gasteiger partial charge >= 0.3 is 53.7 Å². The number of rotatable bonds is 3. The van der Waals surface area contributed by atoms with Gasteiger partial charge in [0.1, 0.15) is 18.3 Å². The fourth-order valence-corrected chi connectivity index (χ4v) is 3.70. The van der Waals surface area contributed by atoms with Crippen LogP contribution in [-0.2, 0) is 19.1 Å². The number of aliphatic carboxylic acids is 1. The average molecular weight is 387 g/mol. The molecule has 0 radical (unpaired) electrons. The van der Waals surface area contributed by atoms with Crippen LogP contribution in [0.25, 0.3) is 0 Å². The zero-order valence-electron chi connectivity index (χ0n) is 14.4. The summed E-state index contributed by atoms with van der Waals surface area (Å²) in [7, 11) is 0. The molecule has 3 amide bonds. The van der Waals surface area contributed by atoms with E-state index in [0.29, 0.717) is 4.90 Å². The molecule has 3 atom stereocenters. The van der Waals surface area contributed by atoms with Crippen molar-refractivity contribution in [2.24, 2.45) is 11.7 Å². The van der Waals surface area contributed by atoms with Crippen molar-refractivity contribution >= 4 is 23.9 Å². The summed E-state index contributed by atoms with van der Waals surface area (Å²) in [5.41, 5.74) is 4.45. The molecule has 3 aliphatic heterocycles. The van der Waals surface area contributed by atoms with Crippen LogP contribution in [0.15, 0.2) is 11.3 Å². The minimum Gasteiger partial charge on any atom is -1.00 e. The van der Waals surface area contributed by atoms with Crippen LogP contribution in [0.4, 0.5) is 18.0 Å². The van der Waals surface area contributed by atoms with Gasteiger partial charge in [-0.2, -0.15) is 13.2 Å². The summed E-state index contributed by atoms with van der Waals surface area (Å²) in [6.45, 7) is -0.843. The van der Waals surface area contributed by atoms with Crippen molar-refractivity contribution in [3.63, 3.8) is 0 Å². The van der Waals surface area contributed by atoms with E-state index >= 15 is 0 Å². The Kier molecular flexibility index (Phi) is 5.32. The maximum atomic E-state index is 12.7. The van der Waals surface area contributed by atoms with Gasteiger partial charge < -0.3 is 21.9 Å². The Hall–Kier alpha value is -1.79. The summed E-state index contributed by atoms with van der Waals surface area (Å²) in [6, 6.07) is -2.16. The van der Waals surface area contributed by atoms with Crippen LogP contribution in [0.5, 0.6) is 0 Å². The maximum Gasteiger partial charge on any atom is 1.00 e. The fourth-order valence-electron chi connectivity index (χ4n) is 3.70. The molecule has 0 aliphatic carbocycles. The maximum absolute atomic E-state index is 12.7. The van der Waals surface area contributed by atoms with Crippen LogP contribution in [0.3, 0.4) is 0 Å². The van der Waals surface area contributed by atoms with E-state index in [2.05, 4.69) is 4.74 Å². The molecule has 0 aromatic heterocycles. The van der Waals surface area contributed by atoms with Gasteiger partial charge in [0.2, 0.25) is 0 Å². The Bertz CT molecular complexity index is 731. The van der Waals surface area contributed by atoms with Gasteiger partial charge in [0.25, 0.3) is 5.91 Å². The molecule has 2 saturated heterocycles. The van der Waals surface area contributed by atoms with Crippen molar-refractivity contribution in [1.29, 1.82) is 0 Å². The number of carboxylic acid groups (broad SMARTS) is 1. The fraction of sp³-hybridized carbons (Fsp3) is 0.538. The standard InChI is InChI=1S/C13H12F3N3O6.Na.H/c14-13(15,16)11(23)18-2-4-1-5(3-25-12(17)24)7(10(21)22)19-6(4)8(18)9(19)20;;/h4,6,8H,1-3H2,(H2,17,24)(H,21,22);;/q;+1;-1/t4-,6-,8+;;/m1../s1. The van der Waals surface area contributed by atoms with E-state index in [0.717, 1.165) is 4.90 Å². The van der Waals surface area contributed by atoms with Crippen molar-refractivity contribution in [2.75, 3.05) is 13.2 Å². The largest absolute Gasteiger partial charge is 1.00 e. The van der Waals surface area contributed by atoms with Crippen molar-refractivity contribution in [3.05, 3.63) is 11.3 Å². The Labute approximate surface area is 167 Å². The molecule has 3 rings (SSSR count). The van der Waals surface area contributed by atoms with Crippen molar-refractivity contribution in [1.82, 2.24) is 9.80 Å². The topological polar surface area (TPSA) is 130 Å². The van der Waals surface area contributed by atoms with E-state index in [1.54, 1.807) is 0 Å². The first-order valence-corrected chi connectivity index (χ1v) is 7.12. The smallest absolute Gasteiger partial charge is 1.00 e. The van der Waals surface area contributed by atoms with Gasteiger partial charge in [0, 0.05) is 12.5 Å². The molecule has 138 valence electrons. The number of likely N-dealkylation sites (tertiary alicyclic amines) is 1. The second-order valence-electron chi connectivity index (χ2n) is 5.93. The number of alkyl halides is 3. The predicted octanol–water partition coefficient (Wildman–Crippen LogP) is -3.46. The van der Waals surface area contributed by atoms with Gasteiger partial charge in [-0.15, -0.1) is 0 Å². The second kappa shape index (κ2) is 6.74. The molecule has 0 aromatic rings. The molecule has 0 saturated carbocycles. The molecule has 0 aromatic carbocycles. The first kappa shape index (κ1) is 20.5. The quantitative estimate of drug-likeness (QED) is 0.383. The summed E-state index contributed by atoms with van der Waals surface area (Å²) in [5, 5.41) is 9.33. The normalized spacial score (nSPS) is 26.7. The average Bonchev–Trinajstić information content (AvgIpc) is 2.85. The first-order chi connectivity index (χ1) is 11.5. The number of carbonyl (C=O) groups is 4. The number of β-lactam (4-membered cyclic amide) rings is 1. The van der Waals surface area contributed by atoms with E-state index in [-0.39, 0.29) is 49.5 Å². The number of nitrogens with two attached hydrogens (primary N) is 1. The van der Waals surface area contributed by atoms with E-state index in [1.807, 2.05) is 0 Å². The second-order valence-corrected chi connectivity index (χ2v) is 5.93. The minimum absolute atomic E-state index is 0.